The fraction of sp³-hybridized carbons (Fsp3) is 0.444. The highest BCUT2D eigenvalue weighted by Crippen LogP contribution is 2.22. The Bertz CT molecular complexity index is 652. The zero-order chi connectivity index (χ0) is 16.2. The Kier molecular flexibility index (Phi) is 4.76. The zero-order valence-corrected chi connectivity index (χ0v) is 13.6. The predicted octanol–water partition coefficient (Wildman–Crippen LogP) is 2.00. The Morgan fingerprint density at radius 1 is 1.35 bits per heavy atom. The lowest BCUT2D eigenvalue weighted by Crippen LogP contribution is -2.49. The fourth-order valence-electron chi connectivity index (χ4n) is 3.25. The number of para-hydroxylation sites is 1. The molecule has 0 spiro atoms. The maximum absolute atomic E-state index is 12.6. The van der Waals surface area contributed by atoms with Crippen LogP contribution in [0.15, 0.2) is 42.7 Å². The summed E-state index contributed by atoms with van der Waals surface area (Å²) >= 11 is 0. The molecule has 2 N–H and O–H groups in total. The van der Waals surface area contributed by atoms with E-state index >= 15 is 0 Å². The van der Waals surface area contributed by atoms with Gasteiger partial charge in [0.1, 0.15) is 0 Å². The zero-order valence-electron chi connectivity index (χ0n) is 13.6. The molecule has 2 unspecified atom stereocenters. The van der Waals surface area contributed by atoms with E-state index < -0.39 is 0 Å². The van der Waals surface area contributed by atoms with Crippen LogP contribution >= 0.6 is 0 Å². The van der Waals surface area contributed by atoms with Gasteiger partial charge in [-0.3, -0.25) is 4.79 Å². The topological polar surface area (TPSA) is 64.2 Å². The maximum atomic E-state index is 12.6. The lowest BCUT2D eigenvalue weighted by Gasteiger charge is -2.38. The van der Waals surface area contributed by atoms with Crippen molar-refractivity contribution in [2.75, 3.05) is 13.1 Å². The van der Waals surface area contributed by atoms with Gasteiger partial charge in [0.15, 0.2) is 0 Å². The lowest BCUT2D eigenvalue weighted by atomic mass is 9.92. The number of carbonyl (C=O) groups is 1. The predicted molar refractivity (Wildman–Crippen MR) is 90.2 cm³/mol. The van der Waals surface area contributed by atoms with E-state index in [4.69, 9.17) is 5.73 Å². The molecule has 1 fully saturated rings. The minimum Gasteiger partial charge on any atom is -0.338 e. The summed E-state index contributed by atoms with van der Waals surface area (Å²) in [5.41, 5.74) is 7.79. The minimum atomic E-state index is 0.153. The Morgan fingerprint density at radius 3 is 2.87 bits per heavy atom. The summed E-state index contributed by atoms with van der Waals surface area (Å²) in [6.07, 6.45) is 6.15. The molecule has 1 aromatic heterocycles. The summed E-state index contributed by atoms with van der Waals surface area (Å²) in [5, 5.41) is 4.36. The molecule has 0 saturated carbocycles. The minimum absolute atomic E-state index is 0.153. The van der Waals surface area contributed by atoms with Crippen molar-refractivity contribution in [1.82, 2.24) is 14.7 Å². The van der Waals surface area contributed by atoms with Crippen LogP contribution in [0.1, 0.15) is 25.3 Å². The third-order valence-electron chi connectivity index (χ3n) is 4.58. The van der Waals surface area contributed by atoms with Crippen LogP contribution in [0.4, 0.5) is 0 Å². The van der Waals surface area contributed by atoms with Crippen molar-refractivity contribution in [1.29, 1.82) is 0 Å². The van der Waals surface area contributed by atoms with Crippen molar-refractivity contribution >= 4 is 5.91 Å². The third-order valence-corrected chi connectivity index (χ3v) is 4.58. The van der Waals surface area contributed by atoms with Crippen molar-refractivity contribution in [3.63, 3.8) is 0 Å². The summed E-state index contributed by atoms with van der Waals surface area (Å²) in [6.45, 7) is 3.59. The molecule has 122 valence electrons. The molecule has 23 heavy (non-hydrogen) atoms. The monoisotopic (exact) mass is 312 g/mol. The van der Waals surface area contributed by atoms with Crippen LogP contribution in [-0.4, -0.2) is 39.7 Å². The first-order valence-electron chi connectivity index (χ1n) is 8.26. The SMILES string of the molecule is CC1CCN(C(=O)Cc2cnn(-c3ccccc3)c2)C(CN)C1. The van der Waals surface area contributed by atoms with Crippen LogP contribution in [0.5, 0.6) is 0 Å². The number of likely N-dealkylation sites (tertiary alicyclic amines) is 1. The summed E-state index contributed by atoms with van der Waals surface area (Å²) in [7, 11) is 0. The van der Waals surface area contributed by atoms with Crippen LogP contribution in [0.2, 0.25) is 0 Å². The average Bonchev–Trinajstić information content (AvgIpc) is 3.04. The largest absolute Gasteiger partial charge is 0.338 e. The van der Waals surface area contributed by atoms with Gasteiger partial charge in [0.2, 0.25) is 5.91 Å². The van der Waals surface area contributed by atoms with E-state index in [0.717, 1.165) is 30.6 Å². The Labute approximate surface area is 137 Å². The second kappa shape index (κ2) is 6.96. The maximum Gasteiger partial charge on any atom is 0.227 e. The molecule has 5 heteroatoms. The molecule has 3 rings (SSSR count). The summed E-state index contributed by atoms with van der Waals surface area (Å²) in [6, 6.07) is 10.1. The van der Waals surface area contributed by atoms with Crippen molar-refractivity contribution in [2.24, 2.45) is 11.7 Å². The molecule has 1 amide bonds. The van der Waals surface area contributed by atoms with E-state index in [-0.39, 0.29) is 11.9 Å². The normalized spacial score (nSPS) is 21.4. The van der Waals surface area contributed by atoms with E-state index in [2.05, 4.69) is 12.0 Å². The third kappa shape index (κ3) is 3.62. The van der Waals surface area contributed by atoms with Crippen molar-refractivity contribution < 1.29 is 4.79 Å². The number of benzene rings is 1. The van der Waals surface area contributed by atoms with Gasteiger partial charge in [0.05, 0.1) is 18.3 Å². The van der Waals surface area contributed by atoms with Crippen LogP contribution in [-0.2, 0) is 11.2 Å². The number of carbonyl (C=O) groups excluding carboxylic acids is 1. The van der Waals surface area contributed by atoms with E-state index in [1.165, 1.54) is 0 Å². The quantitative estimate of drug-likeness (QED) is 0.939. The van der Waals surface area contributed by atoms with Crippen LogP contribution in [0.25, 0.3) is 5.69 Å². The molecule has 1 saturated heterocycles. The molecule has 5 nitrogen and oxygen atoms in total. The van der Waals surface area contributed by atoms with Crippen molar-refractivity contribution in [3.05, 3.63) is 48.3 Å². The van der Waals surface area contributed by atoms with Gasteiger partial charge in [0.25, 0.3) is 0 Å². The number of aromatic nitrogens is 2. The molecule has 2 atom stereocenters. The number of piperidine rings is 1. The molecular weight excluding hydrogens is 288 g/mol. The molecule has 1 aromatic carbocycles. The van der Waals surface area contributed by atoms with Crippen LogP contribution < -0.4 is 5.73 Å². The van der Waals surface area contributed by atoms with E-state index in [9.17, 15) is 4.79 Å². The molecule has 2 aromatic rings. The van der Waals surface area contributed by atoms with Gasteiger partial charge in [-0.1, -0.05) is 25.1 Å². The molecule has 0 aliphatic carbocycles. The second-order valence-corrected chi connectivity index (χ2v) is 6.41. The summed E-state index contributed by atoms with van der Waals surface area (Å²) in [4.78, 5) is 14.6. The number of amides is 1. The van der Waals surface area contributed by atoms with E-state index in [1.54, 1.807) is 10.9 Å². The molecule has 0 radical (unpaired) electrons. The number of hydrogen-bond acceptors (Lipinski definition) is 3. The van der Waals surface area contributed by atoms with Crippen molar-refractivity contribution in [2.45, 2.75) is 32.2 Å². The van der Waals surface area contributed by atoms with E-state index in [0.29, 0.717) is 18.9 Å². The van der Waals surface area contributed by atoms with Gasteiger partial charge in [0, 0.05) is 25.3 Å². The summed E-state index contributed by atoms with van der Waals surface area (Å²) in [5.74, 6) is 0.799. The van der Waals surface area contributed by atoms with Gasteiger partial charge in [-0.15, -0.1) is 0 Å². The lowest BCUT2D eigenvalue weighted by molar-refractivity contribution is -0.134. The van der Waals surface area contributed by atoms with Gasteiger partial charge in [-0.25, -0.2) is 4.68 Å². The van der Waals surface area contributed by atoms with E-state index in [1.807, 2.05) is 41.4 Å². The molecule has 0 bridgehead atoms. The highest BCUT2D eigenvalue weighted by molar-refractivity contribution is 5.79. The molecule has 1 aliphatic rings. The second-order valence-electron chi connectivity index (χ2n) is 6.41. The standard InChI is InChI=1S/C18H24N4O/c1-14-7-8-21(17(9-14)11-19)18(23)10-15-12-20-22(13-15)16-5-3-2-4-6-16/h2-6,12-14,17H,7-11,19H2,1H3. The number of nitrogens with two attached hydrogens (primary N) is 1. The highest BCUT2D eigenvalue weighted by atomic mass is 16.2. The fourth-order valence-corrected chi connectivity index (χ4v) is 3.25. The van der Waals surface area contributed by atoms with Gasteiger partial charge in [-0.2, -0.15) is 5.10 Å². The average molecular weight is 312 g/mol. The van der Waals surface area contributed by atoms with Gasteiger partial charge >= 0.3 is 0 Å². The first kappa shape index (κ1) is 15.7. The van der Waals surface area contributed by atoms with Crippen LogP contribution in [0, 0.1) is 5.92 Å². The Hall–Kier alpha value is -2.14. The number of rotatable bonds is 4. The van der Waals surface area contributed by atoms with Gasteiger partial charge < -0.3 is 10.6 Å². The number of hydrogen-bond donors (Lipinski definition) is 1. The first-order valence-corrected chi connectivity index (χ1v) is 8.26. The van der Waals surface area contributed by atoms with Crippen LogP contribution in [0.3, 0.4) is 0 Å². The first-order chi connectivity index (χ1) is 11.2. The Balaban J connectivity index is 1.67. The molecular formula is C18H24N4O. The molecule has 2 heterocycles. The number of nitrogens with zero attached hydrogens (tertiary/aromatic N) is 3. The summed E-state index contributed by atoms with van der Waals surface area (Å²) < 4.78 is 1.81. The molecule has 1 aliphatic heterocycles. The van der Waals surface area contributed by atoms with Crippen molar-refractivity contribution in [3.8, 4) is 5.69 Å². The Morgan fingerprint density at radius 2 is 2.13 bits per heavy atom. The van der Waals surface area contributed by atoms with Gasteiger partial charge in [-0.05, 0) is 36.5 Å². The highest BCUT2D eigenvalue weighted by Gasteiger charge is 2.28. The smallest absolute Gasteiger partial charge is 0.227 e.